The summed E-state index contributed by atoms with van der Waals surface area (Å²) < 4.78 is 0. The molecule has 0 aliphatic carbocycles. The summed E-state index contributed by atoms with van der Waals surface area (Å²) in [4.78, 5) is 29.7. The second-order valence-corrected chi connectivity index (χ2v) is 4.85. The van der Waals surface area contributed by atoms with Gasteiger partial charge in [-0.05, 0) is 25.2 Å². The highest BCUT2D eigenvalue weighted by Crippen LogP contribution is 2.10. The summed E-state index contributed by atoms with van der Waals surface area (Å²) in [7, 11) is 4.00. The standard InChI is InChI=1S/C14H18N4O2/c1-18(2)9-11-6-4-3-5-10(11)7-15-13(19)12-8-16-14(20)17-12/h3-6,8H,7,9H2,1-2H3,(H,15,19)(H2,16,17,20). The fourth-order valence-corrected chi connectivity index (χ4v) is 1.95. The first-order valence-electron chi connectivity index (χ1n) is 6.33. The quantitative estimate of drug-likeness (QED) is 0.750. The van der Waals surface area contributed by atoms with Crippen molar-refractivity contribution in [1.29, 1.82) is 0 Å². The molecule has 6 heteroatoms. The number of imidazole rings is 1. The Hall–Kier alpha value is -2.34. The molecule has 0 bridgehead atoms. The number of nitrogens with zero attached hydrogens (tertiary/aromatic N) is 1. The van der Waals surface area contributed by atoms with E-state index in [0.29, 0.717) is 6.54 Å². The van der Waals surface area contributed by atoms with Crippen LogP contribution in [0.25, 0.3) is 0 Å². The van der Waals surface area contributed by atoms with E-state index in [4.69, 9.17) is 0 Å². The van der Waals surface area contributed by atoms with Crippen molar-refractivity contribution in [2.45, 2.75) is 13.1 Å². The van der Waals surface area contributed by atoms with Gasteiger partial charge in [0.15, 0.2) is 0 Å². The van der Waals surface area contributed by atoms with Gasteiger partial charge in [-0.3, -0.25) is 4.79 Å². The predicted molar refractivity (Wildman–Crippen MR) is 76.4 cm³/mol. The monoisotopic (exact) mass is 274 g/mol. The lowest BCUT2D eigenvalue weighted by Gasteiger charge is -2.14. The molecule has 0 aliphatic heterocycles. The highest BCUT2D eigenvalue weighted by atomic mass is 16.2. The third-order valence-electron chi connectivity index (χ3n) is 2.88. The highest BCUT2D eigenvalue weighted by Gasteiger charge is 2.09. The molecule has 1 aromatic heterocycles. The Balaban J connectivity index is 2.03. The summed E-state index contributed by atoms with van der Waals surface area (Å²) in [5.41, 5.74) is 2.08. The van der Waals surface area contributed by atoms with Gasteiger partial charge in [0.05, 0.1) is 0 Å². The Bertz CT molecular complexity index is 642. The second-order valence-electron chi connectivity index (χ2n) is 4.85. The summed E-state index contributed by atoms with van der Waals surface area (Å²) in [6.07, 6.45) is 1.36. The van der Waals surface area contributed by atoms with Crippen LogP contribution < -0.4 is 11.0 Å². The van der Waals surface area contributed by atoms with E-state index in [1.54, 1.807) is 0 Å². The molecule has 0 saturated carbocycles. The third-order valence-corrected chi connectivity index (χ3v) is 2.88. The first-order chi connectivity index (χ1) is 9.56. The second kappa shape index (κ2) is 6.21. The van der Waals surface area contributed by atoms with Gasteiger partial charge < -0.3 is 20.2 Å². The lowest BCUT2D eigenvalue weighted by Crippen LogP contribution is -2.25. The van der Waals surface area contributed by atoms with Gasteiger partial charge >= 0.3 is 5.69 Å². The molecule has 0 fully saturated rings. The SMILES string of the molecule is CN(C)Cc1ccccc1CNC(=O)c1c[nH]c(=O)[nH]1. The van der Waals surface area contributed by atoms with Crippen LogP contribution in [0.1, 0.15) is 21.6 Å². The number of carbonyl (C=O) groups is 1. The van der Waals surface area contributed by atoms with Gasteiger partial charge in [-0.25, -0.2) is 4.79 Å². The molecule has 3 N–H and O–H groups in total. The van der Waals surface area contributed by atoms with Crippen molar-refractivity contribution >= 4 is 5.91 Å². The Labute approximate surface area is 116 Å². The number of amides is 1. The molecule has 106 valence electrons. The van der Waals surface area contributed by atoms with E-state index in [1.807, 2.05) is 38.4 Å². The van der Waals surface area contributed by atoms with Gasteiger partial charge in [0, 0.05) is 19.3 Å². The molecule has 1 amide bonds. The lowest BCUT2D eigenvalue weighted by molar-refractivity contribution is 0.0946. The van der Waals surface area contributed by atoms with Crippen LogP contribution in [0.2, 0.25) is 0 Å². The number of hydrogen-bond acceptors (Lipinski definition) is 3. The molecule has 0 atom stereocenters. The van der Waals surface area contributed by atoms with Gasteiger partial charge in [0.2, 0.25) is 0 Å². The Morgan fingerprint density at radius 2 is 1.95 bits per heavy atom. The smallest absolute Gasteiger partial charge is 0.323 e. The zero-order valence-corrected chi connectivity index (χ0v) is 11.6. The summed E-state index contributed by atoms with van der Waals surface area (Å²) in [6.45, 7) is 1.24. The Kier molecular flexibility index (Phi) is 4.37. The summed E-state index contributed by atoms with van der Waals surface area (Å²) in [6, 6.07) is 7.95. The molecule has 2 rings (SSSR count). The topological polar surface area (TPSA) is 81.0 Å². The number of aromatic amines is 2. The molecule has 0 saturated heterocycles. The number of aromatic nitrogens is 2. The minimum absolute atomic E-state index is 0.236. The number of carbonyl (C=O) groups excluding carboxylic acids is 1. The van der Waals surface area contributed by atoms with Crippen molar-refractivity contribution in [3.63, 3.8) is 0 Å². The molecule has 2 aromatic rings. The van der Waals surface area contributed by atoms with E-state index >= 15 is 0 Å². The number of H-pyrrole nitrogens is 2. The van der Waals surface area contributed by atoms with Crippen molar-refractivity contribution in [1.82, 2.24) is 20.2 Å². The molecule has 0 radical (unpaired) electrons. The summed E-state index contributed by atoms with van der Waals surface area (Å²) >= 11 is 0. The zero-order chi connectivity index (χ0) is 14.5. The Morgan fingerprint density at radius 1 is 1.25 bits per heavy atom. The molecule has 20 heavy (non-hydrogen) atoms. The van der Waals surface area contributed by atoms with Crippen molar-refractivity contribution < 1.29 is 4.79 Å². The van der Waals surface area contributed by atoms with Crippen LogP contribution in [0.15, 0.2) is 35.3 Å². The molecule has 1 heterocycles. The molecule has 0 spiro atoms. The highest BCUT2D eigenvalue weighted by molar-refractivity contribution is 5.91. The maximum atomic E-state index is 11.9. The van der Waals surface area contributed by atoms with Crippen molar-refractivity contribution in [2.24, 2.45) is 0 Å². The first-order valence-corrected chi connectivity index (χ1v) is 6.33. The third kappa shape index (κ3) is 3.58. The van der Waals surface area contributed by atoms with Crippen molar-refractivity contribution in [3.8, 4) is 0 Å². The fourth-order valence-electron chi connectivity index (χ4n) is 1.95. The molecular weight excluding hydrogens is 256 g/mol. The minimum Gasteiger partial charge on any atom is -0.347 e. The van der Waals surface area contributed by atoms with Crippen LogP contribution in [0.3, 0.4) is 0 Å². The Morgan fingerprint density at radius 3 is 2.55 bits per heavy atom. The van der Waals surface area contributed by atoms with Crippen LogP contribution in [-0.4, -0.2) is 34.9 Å². The molecule has 0 unspecified atom stereocenters. The predicted octanol–water partition coefficient (Wildman–Crippen LogP) is 0.695. The van der Waals surface area contributed by atoms with Crippen LogP contribution >= 0.6 is 0 Å². The summed E-state index contributed by atoms with van der Waals surface area (Å²) in [5.74, 6) is -0.303. The van der Waals surface area contributed by atoms with E-state index in [0.717, 1.165) is 12.1 Å². The number of benzene rings is 1. The van der Waals surface area contributed by atoms with E-state index in [9.17, 15) is 9.59 Å². The van der Waals surface area contributed by atoms with Crippen molar-refractivity contribution in [3.05, 3.63) is 57.8 Å². The lowest BCUT2D eigenvalue weighted by atomic mass is 10.1. The van der Waals surface area contributed by atoms with Gasteiger partial charge in [0.1, 0.15) is 5.69 Å². The number of nitrogens with one attached hydrogen (secondary N) is 3. The van der Waals surface area contributed by atoms with Gasteiger partial charge in [-0.2, -0.15) is 0 Å². The van der Waals surface area contributed by atoms with E-state index < -0.39 is 0 Å². The number of hydrogen-bond donors (Lipinski definition) is 3. The first kappa shape index (κ1) is 14.1. The molecule has 1 aromatic carbocycles. The van der Waals surface area contributed by atoms with Gasteiger partial charge in [-0.1, -0.05) is 24.3 Å². The van der Waals surface area contributed by atoms with E-state index in [-0.39, 0.29) is 17.3 Å². The van der Waals surface area contributed by atoms with Gasteiger partial charge in [0.25, 0.3) is 5.91 Å². The molecule has 6 nitrogen and oxygen atoms in total. The average molecular weight is 274 g/mol. The summed E-state index contributed by atoms with van der Waals surface area (Å²) in [5, 5.41) is 2.79. The fraction of sp³-hybridized carbons (Fsp3) is 0.286. The van der Waals surface area contributed by atoms with E-state index in [2.05, 4.69) is 20.2 Å². The minimum atomic E-state index is -0.386. The maximum absolute atomic E-state index is 11.9. The normalized spacial score (nSPS) is 10.8. The molecular formula is C14H18N4O2. The molecule has 0 aliphatic rings. The van der Waals surface area contributed by atoms with E-state index in [1.165, 1.54) is 11.8 Å². The average Bonchev–Trinajstić information content (AvgIpc) is 2.83. The van der Waals surface area contributed by atoms with Crippen molar-refractivity contribution in [2.75, 3.05) is 14.1 Å². The largest absolute Gasteiger partial charge is 0.347 e. The van der Waals surface area contributed by atoms with Crippen LogP contribution in [-0.2, 0) is 13.1 Å². The zero-order valence-electron chi connectivity index (χ0n) is 11.6. The van der Waals surface area contributed by atoms with Crippen LogP contribution in [0.4, 0.5) is 0 Å². The van der Waals surface area contributed by atoms with Crippen LogP contribution in [0, 0.1) is 0 Å². The van der Waals surface area contributed by atoms with Gasteiger partial charge in [-0.15, -0.1) is 0 Å². The number of rotatable bonds is 5. The van der Waals surface area contributed by atoms with Crippen LogP contribution in [0.5, 0.6) is 0 Å². The maximum Gasteiger partial charge on any atom is 0.323 e.